The minimum Gasteiger partial charge on any atom is -0.458 e. The number of likely N-dealkylation sites (N-methyl/N-ethyl adjacent to an activating group) is 1. The third-order valence-corrected chi connectivity index (χ3v) is 11.3. The van der Waals surface area contributed by atoms with E-state index in [2.05, 4.69) is 27.9 Å². The summed E-state index contributed by atoms with van der Waals surface area (Å²) >= 11 is 0. The van der Waals surface area contributed by atoms with Crippen molar-refractivity contribution in [2.24, 2.45) is 24.8 Å². The van der Waals surface area contributed by atoms with Crippen LogP contribution in [0.3, 0.4) is 0 Å². The van der Waals surface area contributed by atoms with Crippen molar-refractivity contribution in [3.8, 4) is 0 Å². The number of methoxy groups -OCH3 is 1. The summed E-state index contributed by atoms with van der Waals surface area (Å²) in [6, 6.07) is -1.05. The van der Waals surface area contributed by atoms with Crippen LogP contribution >= 0.6 is 0 Å². The van der Waals surface area contributed by atoms with E-state index in [0.717, 1.165) is 5.82 Å². The molecule has 0 spiro atoms. The maximum atomic E-state index is 14.3. The number of hydrogen-bond acceptors (Lipinski definition) is 13. The smallest absolute Gasteiger partial charge is 0.408 e. The molecule has 3 saturated heterocycles. The number of aliphatic hydroxyl groups is 1. The van der Waals surface area contributed by atoms with E-state index in [-0.39, 0.29) is 24.1 Å². The van der Waals surface area contributed by atoms with Gasteiger partial charge in [-0.2, -0.15) is 0 Å². The quantitative estimate of drug-likeness (QED) is 0.215. The average Bonchev–Trinajstić information content (AvgIpc) is 3.64. The first-order valence-corrected chi connectivity index (χ1v) is 18.3. The number of aliphatic hydroxyl groups excluding tert-OH is 1. The van der Waals surface area contributed by atoms with Crippen LogP contribution in [0.15, 0.2) is 12.4 Å². The summed E-state index contributed by atoms with van der Waals surface area (Å²) < 4.78 is 33.1. The topological polar surface area (TPSA) is 175 Å². The van der Waals surface area contributed by atoms with E-state index in [1.165, 1.54) is 6.92 Å². The number of hydrogen-bond donors (Lipinski definition) is 4. The number of amides is 1. The summed E-state index contributed by atoms with van der Waals surface area (Å²) in [6.07, 6.45) is 0.255. The number of imidazole rings is 1. The second kappa shape index (κ2) is 17.0. The van der Waals surface area contributed by atoms with E-state index in [1.807, 2.05) is 57.6 Å². The highest BCUT2D eigenvalue weighted by atomic mass is 16.7. The summed E-state index contributed by atoms with van der Waals surface area (Å²) in [5.41, 5.74) is -2.22. The number of carbonyl (C=O) groups excluding carboxylic acids is 3. The van der Waals surface area contributed by atoms with Gasteiger partial charge in [0.2, 0.25) is 0 Å². The fourth-order valence-corrected chi connectivity index (χ4v) is 8.07. The summed E-state index contributed by atoms with van der Waals surface area (Å²) in [5.74, 6) is -2.26. The van der Waals surface area contributed by atoms with Gasteiger partial charge in [0.15, 0.2) is 17.7 Å². The highest BCUT2D eigenvalue weighted by molar-refractivity contribution is 6.00. The molecule has 0 radical (unpaired) electrons. The first-order valence-electron chi connectivity index (χ1n) is 18.3. The molecule has 4 N–H and O–H groups in total. The second-order valence-corrected chi connectivity index (χ2v) is 15.5. The third kappa shape index (κ3) is 9.11. The number of aromatic nitrogens is 2. The molecule has 290 valence electrons. The highest BCUT2D eigenvalue weighted by Crippen LogP contribution is 2.37. The van der Waals surface area contributed by atoms with Crippen LogP contribution in [0.1, 0.15) is 73.6 Å². The van der Waals surface area contributed by atoms with E-state index >= 15 is 0 Å². The van der Waals surface area contributed by atoms with Crippen LogP contribution in [0.4, 0.5) is 4.79 Å². The molecule has 0 saturated carbocycles. The monoisotopic (exact) mass is 722 g/mol. The first-order chi connectivity index (χ1) is 23.9. The van der Waals surface area contributed by atoms with Crippen LogP contribution in [0, 0.1) is 17.8 Å². The number of nitrogens with one attached hydrogen (secondary N) is 3. The van der Waals surface area contributed by atoms with Crippen LogP contribution < -0.4 is 16.0 Å². The number of carbonyl (C=O) groups is 3. The van der Waals surface area contributed by atoms with Gasteiger partial charge in [0, 0.05) is 51.1 Å². The van der Waals surface area contributed by atoms with Gasteiger partial charge in [0.05, 0.1) is 30.4 Å². The van der Waals surface area contributed by atoms with Crippen LogP contribution in [0.2, 0.25) is 0 Å². The zero-order valence-corrected chi connectivity index (χ0v) is 32.3. The molecule has 3 aliphatic rings. The Kier molecular flexibility index (Phi) is 13.7. The molecule has 1 aromatic heterocycles. The lowest BCUT2D eigenvalue weighted by Crippen LogP contribution is -2.60. The molecule has 13 atom stereocenters. The predicted molar refractivity (Wildman–Crippen MR) is 189 cm³/mol. The van der Waals surface area contributed by atoms with Gasteiger partial charge in [0.25, 0.3) is 0 Å². The molecule has 3 aliphatic heterocycles. The molecule has 3 unspecified atom stereocenters. The molecule has 15 heteroatoms. The van der Waals surface area contributed by atoms with Gasteiger partial charge in [-0.25, -0.2) is 9.78 Å². The van der Waals surface area contributed by atoms with Crippen LogP contribution in [-0.4, -0.2) is 132 Å². The minimum absolute atomic E-state index is 0.00674. The van der Waals surface area contributed by atoms with Gasteiger partial charge >= 0.3 is 12.1 Å². The molecule has 4 rings (SSSR count). The number of Topliss-reactive ketones (excluding diaryl/α,β-unsaturated/α-hetero) is 1. The van der Waals surface area contributed by atoms with Gasteiger partial charge in [-0.05, 0) is 73.5 Å². The lowest BCUT2D eigenvalue weighted by atomic mass is 9.78. The Hall–Kier alpha value is -2.66. The van der Waals surface area contributed by atoms with Crippen molar-refractivity contribution >= 4 is 17.8 Å². The first kappa shape index (κ1) is 41.1. The molecule has 0 bridgehead atoms. The normalized spacial score (nSPS) is 40.2. The van der Waals surface area contributed by atoms with Crippen molar-refractivity contribution in [2.75, 3.05) is 34.3 Å². The molecule has 3 fully saturated rings. The Morgan fingerprint density at radius 3 is 2.49 bits per heavy atom. The van der Waals surface area contributed by atoms with Gasteiger partial charge in [-0.3, -0.25) is 9.59 Å². The van der Waals surface area contributed by atoms with Gasteiger partial charge in [-0.1, -0.05) is 20.8 Å². The van der Waals surface area contributed by atoms with Gasteiger partial charge < -0.3 is 54.2 Å². The zero-order chi connectivity index (χ0) is 37.8. The van der Waals surface area contributed by atoms with Crippen molar-refractivity contribution < 1.29 is 43.2 Å². The molecule has 1 amide bonds. The third-order valence-electron chi connectivity index (χ3n) is 11.3. The number of rotatable bonds is 9. The predicted octanol–water partition coefficient (Wildman–Crippen LogP) is 1.75. The summed E-state index contributed by atoms with van der Waals surface area (Å²) in [4.78, 5) is 46.8. The Morgan fingerprint density at radius 1 is 1.18 bits per heavy atom. The summed E-state index contributed by atoms with van der Waals surface area (Å²) in [5, 5.41) is 21.5. The Labute approximate surface area is 302 Å². The van der Waals surface area contributed by atoms with E-state index < -0.39 is 71.5 Å². The average molecular weight is 723 g/mol. The molecule has 51 heavy (non-hydrogen) atoms. The standard InChI is InChI=1S/C36H62N6O9/c1-12-26-36(7)30(40-34(46)51-36)23(5)39-17-20(2)16-35(6,47-11)31(21(3)28(43)22(4)32(45)49-26)50-33-29(44)25(41(8)9)15-24(48-33)18-37-19-27-38-13-14-42(27)10/h13-14,20-26,29-31,33,37,39,44H,12,15-19H2,1-11H3,(H,40,46)/t20-,21+,22?,23-,24+,25?,26+,29?,30-,31-,33+,35-,36-/m1/s1. The Balaban J connectivity index is 1.64. The SMILES string of the molecule is CC[C@@H]1OC(=O)C(C)C(=O)[C@H](C)[C@@H](O[C@@H]2O[C@H](CNCc3nccn3C)CC(N(C)C)C2O)[C@](C)(OC)C[C@@H](C)CN[C@H](C)[C@H]2NC(=O)O[C@]12C. The number of ether oxygens (including phenoxy) is 5. The van der Waals surface area contributed by atoms with Gasteiger partial charge in [0.1, 0.15) is 24.0 Å². The number of fused-ring (bicyclic) bond motifs is 1. The van der Waals surface area contributed by atoms with Crippen LogP contribution in [-0.2, 0) is 46.9 Å². The fourth-order valence-electron chi connectivity index (χ4n) is 8.07. The molecule has 4 heterocycles. The number of nitrogens with zero attached hydrogens (tertiary/aromatic N) is 3. The maximum absolute atomic E-state index is 14.3. The van der Waals surface area contributed by atoms with Crippen molar-refractivity contribution in [3.05, 3.63) is 18.2 Å². The van der Waals surface area contributed by atoms with Crippen molar-refractivity contribution in [1.29, 1.82) is 0 Å². The second-order valence-electron chi connectivity index (χ2n) is 15.5. The summed E-state index contributed by atoms with van der Waals surface area (Å²) in [7, 11) is 7.32. The Morgan fingerprint density at radius 2 is 1.88 bits per heavy atom. The largest absolute Gasteiger partial charge is 0.458 e. The van der Waals surface area contributed by atoms with Crippen molar-refractivity contribution in [3.63, 3.8) is 0 Å². The molecule has 1 aromatic rings. The number of esters is 1. The fraction of sp³-hybridized carbons (Fsp3) is 0.833. The van der Waals surface area contributed by atoms with Crippen LogP contribution in [0.5, 0.6) is 0 Å². The van der Waals surface area contributed by atoms with E-state index in [0.29, 0.717) is 38.9 Å². The molecule has 0 aromatic carbocycles. The number of aryl methyl sites for hydroxylation is 1. The highest BCUT2D eigenvalue weighted by Gasteiger charge is 2.55. The Bertz CT molecular complexity index is 1350. The molecule has 15 nitrogen and oxygen atoms in total. The number of ketones is 1. The summed E-state index contributed by atoms with van der Waals surface area (Å²) in [6.45, 7) is 14.3. The minimum atomic E-state index is -1.17. The van der Waals surface area contributed by atoms with Crippen molar-refractivity contribution in [2.45, 2.75) is 134 Å². The van der Waals surface area contributed by atoms with E-state index in [4.69, 9.17) is 23.7 Å². The van der Waals surface area contributed by atoms with Crippen LogP contribution in [0.25, 0.3) is 0 Å². The lowest BCUT2D eigenvalue weighted by Gasteiger charge is -2.47. The molecular weight excluding hydrogens is 660 g/mol. The molecule has 0 aliphatic carbocycles. The zero-order valence-electron chi connectivity index (χ0n) is 32.3. The van der Waals surface area contributed by atoms with E-state index in [1.54, 1.807) is 27.2 Å². The van der Waals surface area contributed by atoms with Crippen molar-refractivity contribution in [1.82, 2.24) is 30.4 Å². The van der Waals surface area contributed by atoms with Gasteiger partial charge in [-0.15, -0.1) is 0 Å². The maximum Gasteiger partial charge on any atom is 0.408 e. The number of cyclic esters (lactones) is 1. The lowest BCUT2D eigenvalue weighted by molar-refractivity contribution is -0.297. The molecular formula is C36H62N6O9. The number of alkyl carbamates (subject to hydrolysis) is 1. The van der Waals surface area contributed by atoms with E-state index in [9.17, 15) is 19.5 Å².